The molecule has 0 saturated carbocycles. The van der Waals surface area contributed by atoms with Crippen molar-refractivity contribution in [1.82, 2.24) is 0 Å². The topological polar surface area (TPSA) is 46.5 Å². The average molecular weight is 352 g/mol. The molecule has 0 spiro atoms. The third-order valence-corrected chi connectivity index (χ3v) is 4.19. The minimum Gasteiger partial charge on any atom is -0.494 e. The van der Waals surface area contributed by atoms with Gasteiger partial charge in [-0.25, -0.2) is 0 Å². The summed E-state index contributed by atoms with van der Waals surface area (Å²) in [4.78, 5) is 12.0. The highest BCUT2D eigenvalue weighted by atomic mass is 16.5. The van der Waals surface area contributed by atoms with E-state index in [2.05, 4.69) is 0 Å². The predicted octanol–water partition coefficient (Wildman–Crippen LogP) is 5.29. The van der Waals surface area contributed by atoms with E-state index in [1.807, 2.05) is 60.7 Å². The van der Waals surface area contributed by atoms with Crippen LogP contribution in [0.5, 0.6) is 5.75 Å². The van der Waals surface area contributed by atoms with E-state index in [1.54, 1.807) is 6.08 Å². The zero-order valence-electron chi connectivity index (χ0n) is 15.3. The van der Waals surface area contributed by atoms with Crippen LogP contribution in [0.2, 0.25) is 0 Å². The van der Waals surface area contributed by atoms with Crippen molar-refractivity contribution < 1.29 is 14.6 Å². The molecule has 2 aromatic rings. The quantitative estimate of drug-likeness (QED) is 0.320. The Morgan fingerprint density at radius 2 is 1.50 bits per heavy atom. The molecule has 138 valence electrons. The van der Waals surface area contributed by atoms with Gasteiger partial charge in [0.15, 0.2) is 5.78 Å². The van der Waals surface area contributed by atoms with Crippen LogP contribution >= 0.6 is 0 Å². The van der Waals surface area contributed by atoms with Crippen molar-refractivity contribution in [3.05, 3.63) is 71.8 Å². The van der Waals surface area contributed by atoms with Gasteiger partial charge in [-0.05, 0) is 36.6 Å². The lowest BCUT2D eigenvalue weighted by atomic mass is 10.1. The van der Waals surface area contributed by atoms with E-state index in [0.29, 0.717) is 12.2 Å². The van der Waals surface area contributed by atoms with Crippen LogP contribution in [0.15, 0.2) is 60.7 Å². The van der Waals surface area contributed by atoms with Crippen molar-refractivity contribution in [2.24, 2.45) is 0 Å². The molecule has 0 unspecified atom stereocenters. The lowest BCUT2D eigenvalue weighted by molar-refractivity contribution is 0.104. The average Bonchev–Trinajstić information content (AvgIpc) is 2.69. The minimum absolute atomic E-state index is 0.00455. The molecule has 0 amide bonds. The Bertz CT molecular complexity index is 660. The number of aliphatic hydroxyl groups is 1. The highest BCUT2D eigenvalue weighted by Gasteiger charge is 2.00. The van der Waals surface area contributed by atoms with Crippen molar-refractivity contribution in [2.75, 3.05) is 13.2 Å². The first-order valence-electron chi connectivity index (χ1n) is 9.41. The molecule has 0 aliphatic rings. The molecule has 0 aromatic heterocycles. The Labute approximate surface area is 156 Å². The van der Waals surface area contributed by atoms with Gasteiger partial charge in [-0.15, -0.1) is 0 Å². The number of unbranched alkanes of at least 4 members (excludes halogenated alkanes) is 5. The number of carbonyl (C=O) groups excluding carboxylic acids is 1. The molecule has 0 atom stereocenters. The van der Waals surface area contributed by atoms with Gasteiger partial charge < -0.3 is 9.84 Å². The summed E-state index contributed by atoms with van der Waals surface area (Å²) in [7, 11) is 0. The molecule has 0 aliphatic heterocycles. The molecule has 0 radical (unpaired) electrons. The van der Waals surface area contributed by atoms with E-state index in [-0.39, 0.29) is 5.78 Å². The zero-order valence-corrected chi connectivity index (χ0v) is 15.3. The van der Waals surface area contributed by atoms with E-state index >= 15 is 0 Å². The first kappa shape index (κ1) is 19.9. The molecule has 0 bridgehead atoms. The van der Waals surface area contributed by atoms with Crippen molar-refractivity contribution in [2.45, 2.75) is 38.5 Å². The molecule has 3 nitrogen and oxygen atoms in total. The van der Waals surface area contributed by atoms with Crippen LogP contribution in [0.4, 0.5) is 0 Å². The maximum atomic E-state index is 12.0. The van der Waals surface area contributed by atoms with Gasteiger partial charge in [0.2, 0.25) is 0 Å². The van der Waals surface area contributed by atoms with E-state index in [0.717, 1.165) is 43.6 Å². The maximum Gasteiger partial charge on any atom is 0.185 e. The number of hydrogen-bond donors (Lipinski definition) is 1. The number of carbonyl (C=O) groups is 1. The summed E-state index contributed by atoms with van der Waals surface area (Å²) in [5.74, 6) is 0.863. The van der Waals surface area contributed by atoms with Crippen molar-refractivity contribution in [3.8, 4) is 5.75 Å². The second-order valence-corrected chi connectivity index (χ2v) is 6.33. The van der Waals surface area contributed by atoms with Gasteiger partial charge in [0.1, 0.15) is 5.75 Å². The van der Waals surface area contributed by atoms with E-state index in [1.165, 1.54) is 12.8 Å². The monoisotopic (exact) mass is 352 g/mol. The number of aliphatic hydroxyl groups excluding tert-OH is 1. The normalized spacial score (nSPS) is 11.0. The SMILES string of the molecule is O=C(/C=C/c1ccc(OCCCCCCCCO)cc1)c1ccccc1. The standard InChI is InChI=1S/C23H28O3/c24-18-8-3-1-2-4-9-19-26-22-15-12-20(13-16-22)14-17-23(25)21-10-6-5-7-11-21/h5-7,10-17,24H,1-4,8-9,18-19H2/b17-14+. The highest BCUT2D eigenvalue weighted by Crippen LogP contribution is 2.15. The van der Waals surface area contributed by atoms with Gasteiger partial charge in [0.05, 0.1) is 6.61 Å². The third kappa shape index (κ3) is 7.66. The summed E-state index contributed by atoms with van der Waals surface area (Å²) in [5, 5.41) is 8.72. The van der Waals surface area contributed by atoms with Crippen LogP contribution in [-0.4, -0.2) is 24.1 Å². The first-order valence-corrected chi connectivity index (χ1v) is 9.41. The Morgan fingerprint density at radius 3 is 2.19 bits per heavy atom. The molecule has 1 N–H and O–H groups in total. The fourth-order valence-corrected chi connectivity index (χ4v) is 2.66. The van der Waals surface area contributed by atoms with Crippen LogP contribution in [0.1, 0.15) is 54.4 Å². The summed E-state index contributed by atoms with van der Waals surface area (Å²) in [6, 6.07) is 17.0. The van der Waals surface area contributed by atoms with Crippen molar-refractivity contribution >= 4 is 11.9 Å². The summed E-state index contributed by atoms with van der Waals surface area (Å²) in [5.41, 5.74) is 1.67. The van der Waals surface area contributed by atoms with Gasteiger partial charge in [0, 0.05) is 12.2 Å². The number of benzene rings is 2. The van der Waals surface area contributed by atoms with Gasteiger partial charge in [0.25, 0.3) is 0 Å². The first-order chi connectivity index (χ1) is 12.8. The van der Waals surface area contributed by atoms with Crippen LogP contribution in [0, 0.1) is 0 Å². The molecular formula is C23H28O3. The zero-order chi connectivity index (χ0) is 18.5. The van der Waals surface area contributed by atoms with E-state index in [4.69, 9.17) is 9.84 Å². The van der Waals surface area contributed by atoms with Crippen LogP contribution in [0.3, 0.4) is 0 Å². The smallest absolute Gasteiger partial charge is 0.185 e. The Kier molecular flexibility index (Phi) is 9.23. The molecule has 2 rings (SSSR count). The van der Waals surface area contributed by atoms with Crippen LogP contribution in [-0.2, 0) is 0 Å². The number of ether oxygens (including phenoxy) is 1. The predicted molar refractivity (Wildman–Crippen MR) is 107 cm³/mol. The van der Waals surface area contributed by atoms with E-state index < -0.39 is 0 Å². The second kappa shape index (κ2) is 12.0. The Balaban J connectivity index is 1.68. The third-order valence-electron chi connectivity index (χ3n) is 4.19. The summed E-state index contributed by atoms with van der Waals surface area (Å²) < 4.78 is 5.75. The summed E-state index contributed by atoms with van der Waals surface area (Å²) in [6.45, 7) is 1.02. The largest absolute Gasteiger partial charge is 0.494 e. The molecule has 0 aliphatic carbocycles. The molecule has 2 aromatic carbocycles. The van der Waals surface area contributed by atoms with E-state index in [9.17, 15) is 4.79 Å². The van der Waals surface area contributed by atoms with Gasteiger partial charge >= 0.3 is 0 Å². The lowest BCUT2D eigenvalue weighted by Gasteiger charge is -2.06. The second-order valence-electron chi connectivity index (χ2n) is 6.33. The van der Waals surface area contributed by atoms with Crippen molar-refractivity contribution in [3.63, 3.8) is 0 Å². The van der Waals surface area contributed by atoms with Gasteiger partial charge in [-0.3, -0.25) is 4.79 Å². The van der Waals surface area contributed by atoms with Gasteiger partial charge in [-0.1, -0.05) is 74.2 Å². The number of hydrogen-bond acceptors (Lipinski definition) is 3. The minimum atomic E-state index is 0.00455. The Hall–Kier alpha value is -2.39. The molecule has 0 fully saturated rings. The molecule has 0 heterocycles. The fourth-order valence-electron chi connectivity index (χ4n) is 2.66. The van der Waals surface area contributed by atoms with Crippen LogP contribution in [0.25, 0.3) is 6.08 Å². The Morgan fingerprint density at radius 1 is 0.846 bits per heavy atom. The summed E-state index contributed by atoms with van der Waals surface area (Å²) >= 11 is 0. The molecule has 26 heavy (non-hydrogen) atoms. The van der Waals surface area contributed by atoms with Crippen molar-refractivity contribution in [1.29, 1.82) is 0 Å². The van der Waals surface area contributed by atoms with Gasteiger partial charge in [-0.2, -0.15) is 0 Å². The molecular weight excluding hydrogens is 324 g/mol. The van der Waals surface area contributed by atoms with Crippen LogP contribution < -0.4 is 4.74 Å². The number of ketones is 1. The molecule has 0 saturated heterocycles. The molecule has 3 heteroatoms. The maximum absolute atomic E-state index is 12.0. The fraction of sp³-hybridized carbons (Fsp3) is 0.348. The summed E-state index contributed by atoms with van der Waals surface area (Å²) in [6.07, 6.45) is 10.0. The highest BCUT2D eigenvalue weighted by molar-refractivity contribution is 6.06. The number of rotatable bonds is 12. The lowest BCUT2D eigenvalue weighted by Crippen LogP contribution is -1.97. The number of allylic oxidation sites excluding steroid dienone is 1.